The highest BCUT2D eigenvalue weighted by molar-refractivity contribution is 6.03. The molecule has 13 heteroatoms. The second-order valence-electron chi connectivity index (χ2n) is 11.9. The molecule has 0 bridgehead atoms. The Kier molecular flexibility index (Phi) is 11.3. The van der Waals surface area contributed by atoms with Crippen LogP contribution in [0.5, 0.6) is 46.0 Å². The van der Waals surface area contributed by atoms with E-state index in [2.05, 4.69) is 15.8 Å². The molecule has 0 aliphatic carbocycles. The molecule has 2 aliphatic rings. The predicted molar refractivity (Wildman–Crippen MR) is 194 cm³/mol. The molecule has 0 spiro atoms. The van der Waals surface area contributed by atoms with Crippen molar-refractivity contribution in [2.45, 2.75) is 31.5 Å². The maximum atomic E-state index is 12.8. The molecule has 0 fully saturated rings. The molecular formula is C39H43N3O10. The van der Waals surface area contributed by atoms with E-state index in [1.54, 1.807) is 48.7 Å². The monoisotopic (exact) mass is 713 g/mol. The van der Waals surface area contributed by atoms with Gasteiger partial charge in [0.05, 0.1) is 67.1 Å². The van der Waals surface area contributed by atoms with Crippen molar-refractivity contribution in [2.24, 2.45) is 5.16 Å². The number of ether oxygens (including phenoxy) is 8. The van der Waals surface area contributed by atoms with E-state index in [1.165, 1.54) is 0 Å². The van der Waals surface area contributed by atoms with E-state index in [4.69, 9.17) is 42.7 Å². The summed E-state index contributed by atoms with van der Waals surface area (Å²) in [6.07, 6.45) is 1.19. The first-order valence-electron chi connectivity index (χ1n) is 16.8. The summed E-state index contributed by atoms with van der Waals surface area (Å²) in [5, 5.41) is 10.7. The van der Waals surface area contributed by atoms with E-state index in [1.807, 2.05) is 60.7 Å². The molecule has 0 saturated carbocycles. The Labute approximate surface area is 302 Å². The number of anilines is 1. The Morgan fingerprint density at radius 1 is 0.692 bits per heavy atom. The minimum absolute atomic E-state index is 0.189. The average molecular weight is 714 g/mol. The van der Waals surface area contributed by atoms with Gasteiger partial charge in [-0.25, -0.2) is 0 Å². The second-order valence-corrected chi connectivity index (χ2v) is 11.9. The zero-order chi connectivity index (χ0) is 36.6. The van der Waals surface area contributed by atoms with E-state index in [0.717, 1.165) is 40.9 Å². The summed E-state index contributed by atoms with van der Waals surface area (Å²) >= 11 is 0. The summed E-state index contributed by atoms with van der Waals surface area (Å²) in [5.74, 6) is 4.41. The molecule has 52 heavy (non-hydrogen) atoms. The van der Waals surface area contributed by atoms with Crippen molar-refractivity contribution in [2.75, 3.05) is 61.2 Å². The lowest BCUT2D eigenvalue weighted by atomic mass is 9.98. The van der Waals surface area contributed by atoms with E-state index in [0.29, 0.717) is 71.2 Å². The van der Waals surface area contributed by atoms with Crippen LogP contribution in [-0.4, -0.2) is 67.5 Å². The van der Waals surface area contributed by atoms with Gasteiger partial charge in [0.1, 0.15) is 11.9 Å². The van der Waals surface area contributed by atoms with Gasteiger partial charge >= 0.3 is 0 Å². The predicted octanol–water partition coefficient (Wildman–Crippen LogP) is 6.70. The molecule has 2 aliphatic heterocycles. The van der Waals surface area contributed by atoms with Crippen molar-refractivity contribution < 1.29 is 47.5 Å². The number of nitrogens with one attached hydrogen (secondary N) is 2. The first kappa shape index (κ1) is 35.8. The van der Waals surface area contributed by atoms with Crippen molar-refractivity contribution in [3.63, 3.8) is 0 Å². The number of methoxy groups -OCH3 is 6. The normalized spacial score (nSPS) is 16.0. The van der Waals surface area contributed by atoms with E-state index >= 15 is 0 Å². The molecule has 274 valence electrons. The molecule has 4 aromatic carbocycles. The van der Waals surface area contributed by atoms with Crippen LogP contribution in [0.25, 0.3) is 0 Å². The van der Waals surface area contributed by atoms with Gasteiger partial charge in [-0.3, -0.25) is 4.79 Å². The van der Waals surface area contributed by atoms with Crippen molar-refractivity contribution in [3.05, 3.63) is 89.0 Å². The van der Waals surface area contributed by atoms with Gasteiger partial charge in [-0.1, -0.05) is 23.4 Å². The zero-order valence-electron chi connectivity index (χ0n) is 30.1. The molecule has 0 saturated heterocycles. The Balaban J connectivity index is 1.01. The summed E-state index contributed by atoms with van der Waals surface area (Å²) in [6, 6.07) is 20.4. The molecule has 2 N–H and O–H groups in total. The lowest BCUT2D eigenvalue weighted by Gasteiger charge is -2.28. The SMILES string of the molecule is COc1ccc2c(c1)C(=O)NC(c1ccc(OCCCCOc3cccc(C4CC(c5cc(OC)c(OC)c(OC)c5)=NO4)c3OC)c(OC)c1)N2. The van der Waals surface area contributed by atoms with Crippen LogP contribution < -0.4 is 48.5 Å². The van der Waals surface area contributed by atoms with Crippen molar-refractivity contribution >= 4 is 17.3 Å². The highest BCUT2D eigenvalue weighted by atomic mass is 16.6. The first-order chi connectivity index (χ1) is 25.4. The average Bonchev–Trinajstić information content (AvgIpc) is 3.68. The molecule has 4 aromatic rings. The van der Waals surface area contributed by atoms with Crippen molar-refractivity contribution in [3.8, 4) is 46.0 Å². The first-order valence-corrected chi connectivity index (χ1v) is 16.8. The van der Waals surface area contributed by atoms with Crippen LogP contribution >= 0.6 is 0 Å². The minimum atomic E-state index is -0.430. The highest BCUT2D eigenvalue weighted by Crippen LogP contribution is 2.43. The molecule has 2 unspecified atom stereocenters. The largest absolute Gasteiger partial charge is 0.497 e. The van der Waals surface area contributed by atoms with Crippen LogP contribution in [0.2, 0.25) is 0 Å². The number of carbonyl (C=O) groups is 1. The van der Waals surface area contributed by atoms with Crippen LogP contribution in [0, 0.1) is 0 Å². The number of hydrogen-bond acceptors (Lipinski definition) is 12. The van der Waals surface area contributed by atoms with E-state index < -0.39 is 6.17 Å². The molecule has 1 amide bonds. The van der Waals surface area contributed by atoms with Crippen molar-refractivity contribution in [1.29, 1.82) is 0 Å². The standard InChI is InChI=1S/C39H43N3O10/c1-44-25-13-14-28-27(21-25)39(43)41-38(40-28)23-12-15-30(33(18-23)45-2)50-16-7-8-17-51-31-11-9-10-26(36(31)48-5)32-22-29(42-52-32)24-19-34(46-3)37(49-6)35(20-24)47-4/h9-15,18-21,32,38,40H,7-8,16-17,22H2,1-6H3,(H,41,43). The lowest BCUT2D eigenvalue weighted by Crippen LogP contribution is -2.38. The Hall–Kier alpha value is -5.98. The van der Waals surface area contributed by atoms with Crippen LogP contribution in [0.3, 0.4) is 0 Å². The number of nitrogens with zero attached hydrogens (tertiary/aromatic N) is 1. The van der Waals surface area contributed by atoms with Gasteiger partial charge in [-0.15, -0.1) is 0 Å². The molecule has 0 radical (unpaired) electrons. The Morgan fingerprint density at radius 2 is 1.40 bits per heavy atom. The number of unbranched alkanes of at least 4 members (excludes halogenated alkanes) is 1. The fourth-order valence-electron chi connectivity index (χ4n) is 6.16. The molecule has 2 heterocycles. The third-order valence-electron chi connectivity index (χ3n) is 8.85. The summed E-state index contributed by atoms with van der Waals surface area (Å²) in [4.78, 5) is 18.7. The summed E-state index contributed by atoms with van der Waals surface area (Å²) in [6.45, 7) is 0.916. The number of fused-ring (bicyclic) bond motifs is 1. The number of hydrogen-bond donors (Lipinski definition) is 2. The van der Waals surface area contributed by atoms with Gasteiger partial charge < -0.3 is 53.4 Å². The van der Waals surface area contributed by atoms with Crippen LogP contribution in [-0.2, 0) is 4.84 Å². The Bertz CT molecular complexity index is 1910. The summed E-state index contributed by atoms with van der Waals surface area (Å²) in [5.41, 5.74) is 4.46. The second kappa shape index (κ2) is 16.4. The molecule has 6 rings (SSSR count). The zero-order valence-corrected chi connectivity index (χ0v) is 30.1. The van der Waals surface area contributed by atoms with Gasteiger partial charge in [0.2, 0.25) is 5.75 Å². The molecular weight excluding hydrogens is 670 g/mol. The van der Waals surface area contributed by atoms with Crippen LogP contribution in [0.4, 0.5) is 5.69 Å². The van der Waals surface area contributed by atoms with Gasteiger partial charge in [-0.05, 0) is 66.9 Å². The number of rotatable bonds is 16. The number of oxime groups is 1. The smallest absolute Gasteiger partial charge is 0.255 e. The summed E-state index contributed by atoms with van der Waals surface area (Å²) < 4.78 is 45.4. The third kappa shape index (κ3) is 7.53. The van der Waals surface area contributed by atoms with Gasteiger partial charge in [0, 0.05) is 23.2 Å². The fraction of sp³-hybridized carbons (Fsp3) is 0.333. The van der Waals surface area contributed by atoms with Gasteiger partial charge in [0.15, 0.2) is 40.6 Å². The maximum absolute atomic E-state index is 12.8. The molecule has 13 nitrogen and oxygen atoms in total. The third-order valence-corrected chi connectivity index (χ3v) is 8.85. The number of benzene rings is 4. The van der Waals surface area contributed by atoms with Crippen molar-refractivity contribution in [1.82, 2.24) is 5.32 Å². The fourth-order valence-corrected chi connectivity index (χ4v) is 6.16. The topological polar surface area (TPSA) is 137 Å². The minimum Gasteiger partial charge on any atom is -0.497 e. The van der Waals surface area contributed by atoms with Crippen LogP contribution in [0.15, 0.2) is 71.9 Å². The van der Waals surface area contributed by atoms with Crippen LogP contribution in [0.1, 0.15) is 58.6 Å². The highest BCUT2D eigenvalue weighted by Gasteiger charge is 2.30. The Morgan fingerprint density at radius 3 is 2.08 bits per heavy atom. The van der Waals surface area contributed by atoms with E-state index in [9.17, 15) is 4.79 Å². The number of para-hydroxylation sites is 1. The molecule has 0 aromatic heterocycles. The molecule has 2 atom stereocenters. The van der Waals surface area contributed by atoms with Gasteiger partial charge in [-0.2, -0.15) is 0 Å². The summed E-state index contributed by atoms with van der Waals surface area (Å²) in [7, 11) is 9.49. The van der Waals surface area contributed by atoms with Gasteiger partial charge in [0.25, 0.3) is 5.91 Å². The lowest BCUT2D eigenvalue weighted by molar-refractivity contribution is 0.0832. The van der Waals surface area contributed by atoms with E-state index in [-0.39, 0.29) is 12.0 Å². The maximum Gasteiger partial charge on any atom is 0.255 e. The number of amides is 1. The quantitative estimate of drug-likeness (QED) is 0.120. The number of carbonyl (C=O) groups excluding carboxylic acids is 1.